The van der Waals surface area contributed by atoms with Gasteiger partial charge in [-0.05, 0) is 55.0 Å². The van der Waals surface area contributed by atoms with Crippen LogP contribution in [0.5, 0.6) is 17.2 Å². The minimum absolute atomic E-state index is 0.529. The first-order valence-electron chi connectivity index (χ1n) is 9.05. The highest BCUT2D eigenvalue weighted by molar-refractivity contribution is 6.30. The molecule has 29 heavy (non-hydrogen) atoms. The summed E-state index contributed by atoms with van der Waals surface area (Å²) in [5, 5.41) is 0.634. The zero-order valence-electron chi connectivity index (χ0n) is 15.9. The highest BCUT2D eigenvalue weighted by Gasteiger charge is 2.43. The Morgan fingerprint density at radius 3 is 2.38 bits per heavy atom. The van der Waals surface area contributed by atoms with E-state index in [2.05, 4.69) is 0 Å². The summed E-state index contributed by atoms with van der Waals surface area (Å²) in [6.07, 6.45) is -1.17. The van der Waals surface area contributed by atoms with Crippen molar-refractivity contribution in [2.45, 2.75) is 18.8 Å². The largest absolute Gasteiger partial charge is 0.464 e. The maximum absolute atomic E-state index is 12.1. The molecule has 0 spiro atoms. The molecule has 4 rings (SSSR count). The van der Waals surface area contributed by atoms with E-state index in [1.54, 1.807) is 36.4 Å². The van der Waals surface area contributed by atoms with E-state index in [-0.39, 0.29) is 0 Å². The van der Waals surface area contributed by atoms with Gasteiger partial charge in [0.1, 0.15) is 22.8 Å². The van der Waals surface area contributed by atoms with E-state index in [0.29, 0.717) is 22.3 Å². The molecule has 148 valence electrons. The molecule has 0 saturated carbocycles. The Bertz CT molecular complexity index is 1020. The van der Waals surface area contributed by atoms with Gasteiger partial charge in [0, 0.05) is 10.6 Å². The lowest BCUT2D eigenvalue weighted by atomic mass is 9.86. The highest BCUT2D eigenvalue weighted by atomic mass is 35.5. The van der Waals surface area contributed by atoms with Gasteiger partial charge in [-0.1, -0.05) is 41.9 Å². The monoisotopic (exact) mass is 410 g/mol. The topological polar surface area (TPSA) is 54.0 Å². The molecule has 1 aliphatic heterocycles. The van der Waals surface area contributed by atoms with Crippen LogP contribution in [-0.4, -0.2) is 19.4 Å². The summed E-state index contributed by atoms with van der Waals surface area (Å²) in [5.41, 5.74) is 0.685. The van der Waals surface area contributed by atoms with Crippen molar-refractivity contribution in [3.63, 3.8) is 0 Å². The van der Waals surface area contributed by atoms with Crippen molar-refractivity contribution in [3.05, 3.63) is 88.9 Å². The lowest BCUT2D eigenvalue weighted by Crippen LogP contribution is -2.44. The molecule has 5 nitrogen and oxygen atoms in total. The van der Waals surface area contributed by atoms with Gasteiger partial charge in [0.2, 0.25) is 0 Å². The molecule has 3 aromatic rings. The quantitative estimate of drug-likeness (QED) is 0.546. The smallest absolute Gasteiger partial charge is 0.376 e. The van der Waals surface area contributed by atoms with E-state index in [4.69, 9.17) is 30.5 Å². The molecule has 0 aliphatic carbocycles. The Labute approximate surface area is 173 Å². The lowest BCUT2D eigenvalue weighted by molar-refractivity contribution is -0.203. The van der Waals surface area contributed by atoms with Crippen LogP contribution in [0.2, 0.25) is 5.02 Å². The van der Waals surface area contributed by atoms with E-state index >= 15 is 0 Å². The number of rotatable bonds is 4. The number of ether oxygens (including phenoxy) is 4. The minimum Gasteiger partial charge on any atom is -0.464 e. The summed E-state index contributed by atoms with van der Waals surface area (Å²) in [4.78, 5) is 12.1. The average molecular weight is 411 g/mol. The molecule has 0 radical (unpaired) electrons. The molecule has 0 N–H and O–H groups in total. The number of benzene rings is 3. The van der Waals surface area contributed by atoms with E-state index in [1.165, 1.54) is 7.11 Å². The minimum atomic E-state index is -1.17. The summed E-state index contributed by atoms with van der Waals surface area (Å²) in [7, 11) is 1.30. The van der Waals surface area contributed by atoms with E-state index < -0.39 is 17.9 Å². The zero-order valence-corrected chi connectivity index (χ0v) is 16.7. The molecular formula is C23H19ClO5. The van der Waals surface area contributed by atoms with Gasteiger partial charge in [0.25, 0.3) is 0 Å². The molecule has 0 aromatic heterocycles. The second-order valence-electron chi connectivity index (χ2n) is 6.70. The predicted molar refractivity (Wildman–Crippen MR) is 108 cm³/mol. The molecule has 1 aliphatic rings. The van der Waals surface area contributed by atoms with Crippen LogP contribution in [0, 0.1) is 0 Å². The van der Waals surface area contributed by atoms with Gasteiger partial charge in [-0.15, -0.1) is 0 Å². The SMILES string of the molecule is COC(=O)[C@H]1Oc2ccc(Oc3ccc(Cl)cc3)cc2[C@](C)(c2ccccc2)O1. The van der Waals surface area contributed by atoms with Crippen molar-refractivity contribution in [1.29, 1.82) is 0 Å². The Morgan fingerprint density at radius 2 is 1.69 bits per heavy atom. The molecule has 6 heteroatoms. The standard InChI is InChI=1S/C23H19ClO5/c1-23(15-6-4-3-5-7-15)19-14-18(27-17-10-8-16(24)9-11-17)12-13-20(19)28-22(29-23)21(25)26-2/h3-14,22H,1-2H3/t22-,23-/m0/s1. The van der Waals surface area contributed by atoms with Crippen LogP contribution in [0.15, 0.2) is 72.8 Å². The van der Waals surface area contributed by atoms with Crippen LogP contribution >= 0.6 is 11.6 Å². The first-order valence-corrected chi connectivity index (χ1v) is 9.43. The van der Waals surface area contributed by atoms with Crippen molar-refractivity contribution in [1.82, 2.24) is 0 Å². The third-order valence-corrected chi connectivity index (χ3v) is 5.06. The molecule has 0 bridgehead atoms. The summed E-state index contributed by atoms with van der Waals surface area (Å²) in [6, 6.07) is 22.1. The van der Waals surface area contributed by atoms with Gasteiger partial charge < -0.3 is 18.9 Å². The van der Waals surface area contributed by atoms with Crippen molar-refractivity contribution in [2.24, 2.45) is 0 Å². The maximum Gasteiger partial charge on any atom is 0.376 e. The molecule has 1 heterocycles. The van der Waals surface area contributed by atoms with Crippen LogP contribution in [0.1, 0.15) is 18.1 Å². The normalized spacial score (nSPS) is 20.3. The van der Waals surface area contributed by atoms with Gasteiger partial charge >= 0.3 is 12.3 Å². The molecule has 0 unspecified atom stereocenters. The molecule has 2 atom stereocenters. The predicted octanol–water partition coefficient (Wildman–Crippen LogP) is 5.30. The second-order valence-corrected chi connectivity index (χ2v) is 7.14. The van der Waals surface area contributed by atoms with Gasteiger partial charge in [-0.3, -0.25) is 0 Å². The number of carbonyl (C=O) groups is 1. The van der Waals surface area contributed by atoms with E-state index in [0.717, 1.165) is 11.1 Å². The number of fused-ring (bicyclic) bond motifs is 1. The Kier molecular flexibility index (Phi) is 5.18. The van der Waals surface area contributed by atoms with Crippen LogP contribution in [0.4, 0.5) is 0 Å². The first kappa shape index (κ1) is 19.3. The van der Waals surface area contributed by atoms with Crippen LogP contribution in [0.25, 0.3) is 0 Å². The molecular weight excluding hydrogens is 392 g/mol. The fraction of sp³-hybridized carbons (Fsp3) is 0.174. The van der Waals surface area contributed by atoms with Crippen molar-refractivity contribution >= 4 is 17.6 Å². The van der Waals surface area contributed by atoms with Crippen molar-refractivity contribution in [2.75, 3.05) is 7.11 Å². The average Bonchev–Trinajstić information content (AvgIpc) is 2.75. The highest BCUT2D eigenvalue weighted by Crippen LogP contribution is 2.45. The fourth-order valence-electron chi connectivity index (χ4n) is 3.28. The second kappa shape index (κ2) is 7.78. The fourth-order valence-corrected chi connectivity index (χ4v) is 3.40. The zero-order chi connectivity index (χ0) is 20.4. The number of esters is 1. The van der Waals surface area contributed by atoms with Crippen molar-refractivity contribution < 1.29 is 23.7 Å². The van der Waals surface area contributed by atoms with Gasteiger partial charge in [-0.25, -0.2) is 4.79 Å². The Hall–Kier alpha value is -3.02. The third-order valence-electron chi connectivity index (χ3n) is 4.81. The van der Waals surface area contributed by atoms with Crippen molar-refractivity contribution in [3.8, 4) is 17.2 Å². The number of hydrogen-bond donors (Lipinski definition) is 0. The summed E-state index contributed by atoms with van der Waals surface area (Å²) >= 11 is 5.94. The van der Waals surface area contributed by atoms with Gasteiger partial charge in [-0.2, -0.15) is 0 Å². The first-order chi connectivity index (χ1) is 14.0. The third kappa shape index (κ3) is 3.79. The molecule has 0 saturated heterocycles. The maximum atomic E-state index is 12.1. The van der Waals surface area contributed by atoms with Crippen LogP contribution in [-0.2, 0) is 19.9 Å². The number of carbonyl (C=O) groups excluding carboxylic acids is 1. The molecule has 0 fully saturated rings. The number of hydrogen-bond acceptors (Lipinski definition) is 5. The number of halogens is 1. The van der Waals surface area contributed by atoms with E-state index in [1.807, 2.05) is 43.3 Å². The van der Waals surface area contributed by atoms with Crippen LogP contribution in [0.3, 0.4) is 0 Å². The summed E-state index contributed by atoms with van der Waals surface area (Å²) in [5.74, 6) is 1.19. The Morgan fingerprint density at radius 1 is 1.00 bits per heavy atom. The molecule has 0 amide bonds. The van der Waals surface area contributed by atoms with E-state index in [9.17, 15) is 4.79 Å². The number of methoxy groups -OCH3 is 1. The van der Waals surface area contributed by atoms with Gasteiger partial charge in [0.05, 0.1) is 7.11 Å². The Balaban J connectivity index is 1.76. The van der Waals surface area contributed by atoms with Gasteiger partial charge in [0.15, 0.2) is 0 Å². The summed E-state index contributed by atoms with van der Waals surface area (Å²) < 4.78 is 22.6. The lowest BCUT2D eigenvalue weighted by Gasteiger charge is -2.39. The van der Waals surface area contributed by atoms with Crippen LogP contribution < -0.4 is 9.47 Å². The molecule has 3 aromatic carbocycles. The summed E-state index contributed by atoms with van der Waals surface area (Å²) in [6.45, 7) is 1.89.